The van der Waals surface area contributed by atoms with E-state index in [2.05, 4.69) is 99.2 Å². The maximum absolute atomic E-state index is 4.06. The van der Waals surface area contributed by atoms with Crippen molar-refractivity contribution in [1.82, 2.24) is 20.4 Å². The Morgan fingerprint density at radius 2 is 1.30 bits per heavy atom. The predicted molar refractivity (Wildman–Crippen MR) is 114 cm³/mol. The number of nitrogens with zero attached hydrogens (tertiary/aromatic N) is 2. The van der Waals surface area contributed by atoms with Gasteiger partial charge < -0.3 is 0 Å². The van der Waals surface area contributed by atoms with E-state index >= 15 is 0 Å². The molecule has 0 fully saturated rings. The average Bonchev–Trinajstić information content (AvgIpc) is 3.22. The van der Waals surface area contributed by atoms with Gasteiger partial charge >= 0.3 is 0 Å². The first kappa shape index (κ1) is 19.2. The van der Waals surface area contributed by atoms with Crippen LogP contribution in [0.5, 0.6) is 0 Å². The van der Waals surface area contributed by atoms with E-state index in [-0.39, 0.29) is 10.8 Å². The predicted octanol–water partition coefficient (Wildman–Crippen LogP) is 6.03. The van der Waals surface area contributed by atoms with Gasteiger partial charge in [0.2, 0.25) is 0 Å². The molecule has 0 aliphatic heterocycles. The lowest BCUT2D eigenvalue weighted by molar-refractivity contribution is 0.590. The zero-order valence-corrected chi connectivity index (χ0v) is 17.4. The number of aromatic amines is 2. The van der Waals surface area contributed by atoms with Crippen LogP contribution in [0.4, 0.5) is 0 Å². The maximum atomic E-state index is 4.06. The minimum atomic E-state index is 0.205. The number of hydrogen-bond donors (Lipinski definition) is 2. The summed E-state index contributed by atoms with van der Waals surface area (Å²) >= 11 is 0. The van der Waals surface area contributed by atoms with E-state index in [0.29, 0.717) is 0 Å². The Morgan fingerprint density at radius 1 is 0.704 bits per heavy atom. The number of aromatic nitrogens is 4. The highest BCUT2D eigenvalue weighted by Gasteiger charge is 2.15. The van der Waals surface area contributed by atoms with Crippen LogP contribution in [0.2, 0.25) is 0 Å². The molecule has 2 aromatic carbocycles. The van der Waals surface area contributed by atoms with Crippen molar-refractivity contribution >= 4 is 21.8 Å². The molecule has 0 atom stereocenters. The number of fused-ring (bicyclic) bond motifs is 2. The van der Waals surface area contributed by atoms with Crippen LogP contribution < -0.4 is 0 Å². The number of aryl methyl sites for hydroxylation is 1. The van der Waals surface area contributed by atoms with Crippen molar-refractivity contribution in [2.45, 2.75) is 59.3 Å². The summed E-state index contributed by atoms with van der Waals surface area (Å²) in [5.74, 6) is 0. The van der Waals surface area contributed by atoms with Crippen LogP contribution in [-0.2, 0) is 10.8 Å². The van der Waals surface area contributed by atoms with Crippen LogP contribution >= 0.6 is 0 Å². The van der Waals surface area contributed by atoms with Gasteiger partial charge in [-0.1, -0.05) is 53.7 Å². The molecule has 4 aromatic rings. The highest BCUT2D eigenvalue weighted by Crippen LogP contribution is 2.27. The standard InChI is InChI=1S/C12H16N2.C11H14N2/c1-8-5-10(12(2,3)4)6-9-7-13-14-11(8)9;1-11(2,3)9-4-5-10-8(6-9)7-12-13-10/h5-7H,1-4H3,(H,13,14);4-7H,1-3H3,(H,12,13). The number of H-pyrrole nitrogens is 2. The van der Waals surface area contributed by atoms with Crippen LogP contribution in [-0.4, -0.2) is 20.4 Å². The summed E-state index contributed by atoms with van der Waals surface area (Å²) in [5.41, 5.74) is 6.66. The smallest absolute Gasteiger partial charge is 0.0679 e. The third-order valence-electron chi connectivity index (χ3n) is 4.92. The molecule has 0 amide bonds. The molecule has 0 aliphatic rings. The van der Waals surface area contributed by atoms with E-state index in [1.54, 1.807) is 0 Å². The van der Waals surface area contributed by atoms with Crippen molar-refractivity contribution in [1.29, 1.82) is 0 Å². The van der Waals surface area contributed by atoms with E-state index in [1.807, 2.05) is 12.4 Å². The topological polar surface area (TPSA) is 57.4 Å². The van der Waals surface area contributed by atoms with Gasteiger partial charge in [-0.05, 0) is 52.6 Å². The number of rotatable bonds is 0. The normalized spacial score (nSPS) is 12.3. The Hall–Kier alpha value is -2.62. The van der Waals surface area contributed by atoms with Crippen molar-refractivity contribution in [2.24, 2.45) is 0 Å². The summed E-state index contributed by atoms with van der Waals surface area (Å²) in [6.07, 6.45) is 3.75. The van der Waals surface area contributed by atoms with Gasteiger partial charge in [-0.2, -0.15) is 10.2 Å². The molecule has 2 aromatic heterocycles. The fourth-order valence-corrected chi connectivity index (χ4v) is 3.08. The van der Waals surface area contributed by atoms with Gasteiger partial charge in [0.05, 0.1) is 23.4 Å². The lowest BCUT2D eigenvalue weighted by atomic mass is 9.85. The highest BCUT2D eigenvalue weighted by molar-refractivity contribution is 5.82. The van der Waals surface area contributed by atoms with Gasteiger partial charge in [0.1, 0.15) is 0 Å². The Kier molecular flexibility index (Phi) is 4.85. The molecule has 4 rings (SSSR count). The third kappa shape index (κ3) is 4.21. The summed E-state index contributed by atoms with van der Waals surface area (Å²) in [4.78, 5) is 0. The van der Waals surface area contributed by atoms with Crippen LogP contribution in [0.15, 0.2) is 42.7 Å². The SMILES string of the molecule is CC(C)(C)c1ccc2[nH]ncc2c1.Cc1cc(C(C)(C)C)cc2cn[nH]c12. The van der Waals surface area contributed by atoms with E-state index in [0.717, 1.165) is 11.0 Å². The lowest BCUT2D eigenvalue weighted by Gasteiger charge is -2.19. The van der Waals surface area contributed by atoms with Gasteiger partial charge in [0.15, 0.2) is 0 Å². The van der Waals surface area contributed by atoms with E-state index in [9.17, 15) is 0 Å². The van der Waals surface area contributed by atoms with Gasteiger partial charge in [0.25, 0.3) is 0 Å². The summed E-state index contributed by atoms with van der Waals surface area (Å²) < 4.78 is 0. The molecule has 4 nitrogen and oxygen atoms in total. The van der Waals surface area contributed by atoms with Crippen LogP contribution in [0.25, 0.3) is 21.8 Å². The quantitative estimate of drug-likeness (QED) is 0.401. The summed E-state index contributed by atoms with van der Waals surface area (Å²) in [6.45, 7) is 15.5. The van der Waals surface area contributed by atoms with Crippen LogP contribution in [0, 0.1) is 6.92 Å². The molecular formula is C23H30N4. The molecular weight excluding hydrogens is 332 g/mol. The van der Waals surface area contributed by atoms with Crippen molar-refractivity contribution in [3.8, 4) is 0 Å². The zero-order chi connectivity index (χ0) is 19.8. The van der Waals surface area contributed by atoms with Crippen molar-refractivity contribution in [2.75, 3.05) is 0 Å². The molecule has 0 unspecified atom stereocenters. The average molecular weight is 363 g/mol. The Labute approximate surface area is 161 Å². The molecule has 0 spiro atoms. The molecule has 0 saturated heterocycles. The number of nitrogens with one attached hydrogen (secondary N) is 2. The molecule has 0 saturated carbocycles. The summed E-state index contributed by atoms with van der Waals surface area (Å²) in [7, 11) is 0. The Morgan fingerprint density at radius 3 is 1.96 bits per heavy atom. The minimum Gasteiger partial charge on any atom is -0.278 e. The summed E-state index contributed by atoms with van der Waals surface area (Å²) in [6, 6.07) is 10.9. The minimum absolute atomic E-state index is 0.205. The number of benzene rings is 2. The van der Waals surface area contributed by atoms with E-state index in [4.69, 9.17) is 0 Å². The molecule has 27 heavy (non-hydrogen) atoms. The first-order valence-corrected chi connectivity index (χ1v) is 9.43. The molecule has 2 heterocycles. The Balaban J connectivity index is 0.000000156. The van der Waals surface area contributed by atoms with Crippen LogP contribution in [0.3, 0.4) is 0 Å². The first-order chi connectivity index (χ1) is 12.6. The fraction of sp³-hybridized carbons (Fsp3) is 0.391. The lowest BCUT2D eigenvalue weighted by Crippen LogP contribution is -2.11. The monoisotopic (exact) mass is 362 g/mol. The number of hydrogen-bond acceptors (Lipinski definition) is 2. The van der Waals surface area contributed by atoms with Crippen molar-refractivity contribution in [3.05, 3.63) is 59.4 Å². The van der Waals surface area contributed by atoms with Gasteiger partial charge in [-0.15, -0.1) is 0 Å². The van der Waals surface area contributed by atoms with Crippen LogP contribution in [0.1, 0.15) is 58.2 Å². The third-order valence-corrected chi connectivity index (χ3v) is 4.92. The van der Waals surface area contributed by atoms with Crippen molar-refractivity contribution in [3.63, 3.8) is 0 Å². The molecule has 0 radical (unpaired) electrons. The largest absolute Gasteiger partial charge is 0.278 e. The maximum Gasteiger partial charge on any atom is 0.0679 e. The Bertz CT molecular complexity index is 1060. The molecule has 4 heteroatoms. The summed E-state index contributed by atoms with van der Waals surface area (Å²) in [5, 5.41) is 16.4. The molecule has 2 N–H and O–H groups in total. The van der Waals surface area contributed by atoms with E-state index < -0.39 is 0 Å². The second-order valence-corrected chi connectivity index (χ2v) is 9.30. The van der Waals surface area contributed by atoms with Crippen molar-refractivity contribution < 1.29 is 0 Å². The highest BCUT2D eigenvalue weighted by atomic mass is 15.1. The second-order valence-electron chi connectivity index (χ2n) is 9.30. The molecule has 142 valence electrons. The fourth-order valence-electron chi connectivity index (χ4n) is 3.08. The van der Waals surface area contributed by atoms with Gasteiger partial charge in [0, 0.05) is 10.8 Å². The van der Waals surface area contributed by atoms with Gasteiger partial charge in [-0.3, -0.25) is 10.2 Å². The second kappa shape index (κ2) is 6.84. The van der Waals surface area contributed by atoms with E-state index in [1.165, 1.54) is 27.5 Å². The molecule has 0 bridgehead atoms. The first-order valence-electron chi connectivity index (χ1n) is 9.43. The molecule has 0 aliphatic carbocycles. The zero-order valence-electron chi connectivity index (χ0n) is 17.4. The van der Waals surface area contributed by atoms with Gasteiger partial charge in [-0.25, -0.2) is 0 Å².